The highest BCUT2D eigenvalue weighted by atomic mass is 16.5. The van der Waals surface area contributed by atoms with Crippen LogP contribution >= 0.6 is 0 Å². The number of ketones is 2. The van der Waals surface area contributed by atoms with Crippen molar-refractivity contribution in [3.8, 4) is 0 Å². The van der Waals surface area contributed by atoms with Gasteiger partial charge in [-0.25, -0.2) is 19.6 Å². The fourth-order valence-electron chi connectivity index (χ4n) is 8.14. The largest absolute Gasteiger partial charge is 0.453 e. The maximum absolute atomic E-state index is 13.9. The lowest BCUT2D eigenvalue weighted by Gasteiger charge is -2.29. The second-order valence-electron chi connectivity index (χ2n) is 13.8. The van der Waals surface area contributed by atoms with E-state index in [0.29, 0.717) is 35.4 Å². The number of hydrogen-bond acceptors (Lipinski definition) is 8. The van der Waals surface area contributed by atoms with E-state index in [1.165, 1.54) is 0 Å². The maximum atomic E-state index is 13.9. The highest BCUT2D eigenvalue weighted by Gasteiger charge is 2.41. The molecule has 52 heavy (non-hydrogen) atoms. The van der Waals surface area contributed by atoms with E-state index in [-0.39, 0.29) is 24.4 Å². The molecule has 0 N–H and O–H groups in total. The SMILES string of the molecule is Cn1ccnc1CC1CC(OC(=O)/C=C\C(=O)OC2CC(Cc3nccn3C)C(=O)c3c2n(C)c2ccccc32)c2c(c3ccccc3n2C)C1=O. The van der Waals surface area contributed by atoms with Crippen molar-refractivity contribution in [2.75, 3.05) is 0 Å². The van der Waals surface area contributed by atoms with Gasteiger partial charge in [0.05, 0.1) is 22.5 Å². The number of Topliss-reactive ketones (excluding diaryl/α,β-unsaturated/α-hetero) is 2. The normalized spacial score (nSPS) is 20.1. The Labute approximate surface area is 299 Å². The average Bonchev–Trinajstić information content (AvgIpc) is 3.89. The third kappa shape index (κ3) is 5.55. The summed E-state index contributed by atoms with van der Waals surface area (Å²) in [6.07, 6.45) is 9.03. The second kappa shape index (κ2) is 12.9. The first-order valence-electron chi connectivity index (χ1n) is 17.4. The molecule has 0 amide bonds. The van der Waals surface area contributed by atoms with Gasteiger partial charge >= 0.3 is 11.9 Å². The van der Waals surface area contributed by atoms with Crippen LogP contribution in [0.15, 0.2) is 85.5 Å². The van der Waals surface area contributed by atoms with E-state index in [4.69, 9.17) is 9.47 Å². The summed E-state index contributed by atoms with van der Waals surface area (Å²) in [5, 5.41) is 1.60. The van der Waals surface area contributed by atoms with Crippen molar-refractivity contribution in [2.45, 2.75) is 37.9 Å². The summed E-state index contributed by atoms with van der Waals surface area (Å²) in [6.45, 7) is 0. The Morgan fingerprint density at radius 3 is 1.46 bits per heavy atom. The Kier molecular flexibility index (Phi) is 8.24. The Hall–Kier alpha value is -6.04. The lowest BCUT2D eigenvalue weighted by atomic mass is 9.81. The van der Waals surface area contributed by atoms with Crippen LogP contribution in [0.2, 0.25) is 0 Å². The van der Waals surface area contributed by atoms with E-state index in [1.807, 2.05) is 107 Å². The molecule has 4 atom stereocenters. The molecule has 12 nitrogen and oxygen atoms in total. The molecule has 264 valence electrons. The van der Waals surface area contributed by atoms with E-state index in [0.717, 1.165) is 45.6 Å². The zero-order valence-corrected chi connectivity index (χ0v) is 29.4. The minimum Gasteiger partial charge on any atom is -0.453 e. The first-order valence-corrected chi connectivity index (χ1v) is 17.4. The van der Waals surface area contributed by atoms with E-state index in [9.17, 15) is 19.2 Å². The van der Waals surface area contributed by atoms with Crippen LogP contribution < -0.4 is 0 Å². The van der Waals surface area contributed by atoms with Crippen LogP contribution in [-0.2, 0) is 60.1 Å². The summed E-state index contributed by atoms with van der Waals surface area (Å²) in [5.41, 5.74) is 4.06. The molecule has 2 aromatic carbocycles. The number of esters is 2. The Bertz CT molecular complexity index is 2270. The van der Waals surface area contributed by atoms with Crippen molar-refractivity contribution >= 4 is 45.3 Å². The number of ether oxygens (including phenoxy) is 2. The van der Waals surface area contributed by atoms with Crippen molar-refractivity contribution < 1.29 is 28.7 Å². The minimum atomic E-state index is -0.738. The van der Waals surface area contributed by atoms with Gasteiger partial charge in [0.15, 0.2) is 11.6 Å². The predicted octanol–water partition coefficient (Wildman–Crippen LogP) is 5.45. The van der Waals surface area contributed by atoms with E-state index < -0.39 is 36.0 Å². The molecule has 12 heteroatoms. The standard InChI is InChI=1S/C40H38N6O6/c1-43-17-15-41-31(43)21-23-19-29(37-35(39(23)49)25-9-5-7-11-27(25)45(37)3)51-33(47)13-14-34(48)52-30-20-24(22-32-42-16-18-44(32)2)40(50)36-26-10-6-8-12-28(26)46(4)38(30)36/h5-18,23-24,29-30H,19-22H2,1-4H3/b14-13-. The average molecular weight is 699 g/mol. The molecule has 2 aliphatic rings. The van der Waals surface area contributed by atoms with Crippen LogP contribution in [0.5, 0.6) is 0 Å². The van der Waals surface area contributed by atoms with Gasteiger partial charge < -0.3 is 27.7 Å². The fourth-order valence-corrected chi connectivity index (χ4v) is 8.14. The van der Waals surface area contributed by atoms with E-state index >= 15 is 0 Å². The number of rotatable bonds is 8. The smallest absolute Gasteiger partial charge is 0.331 e. The van der Waals surface area contributed by atoms with E-state index in [1.54, 1.807) is 12.4 Å². The Morgan fingerprint density at radius 2 is 1.08 bits per heavy atom. The number of carbonyl (C=O) groups excluding carboxylic acids is 4. The van der Waals surface area contributed by atoms with Crippen LogP contribution in [0, 0.1) is 11.8 Å². The van der Waals surface area contributed by atoms with E-state index in [2.05, 4.69) is 9.97 Å². The second-order valence-corrected chi connectivity index (χ2v) is 13.8. The van der Waals surface area contributed by atoms with Crippen molar-refractivity contribution in [1.82, 2.24) is 28.2 Å². The Morgan fingerprint density at radius 1 is 0.673 bits per heavy atom. The van der Waals surface area contributed by atoms with Gasteiger partial charge in [0.2, 0.25) is 0 Å². The van der Waals surface area contributed by atoms with Crippen molar-refractivity contribution in [3.05, 3.63) is 120 Å². The van der Waals surface area contributed by atoms with Crippen LogP contribution in [0.3, 0.4) is 0 Å². The van der Waals surface area contributed by atoms with Gasteiger partial charge in [0.25, 0.3) is 0 Å². The van der Waals surface area contributed by atoms with Crippen molar-refractivity contribution in [2.24, 2.45) is 40.0 Å². The molecule has 6 aromatic rings. The summed E-state index contributed by atoms with van der Waals surface area (Å²) >= 11 is 0. The number of carbonyl (C=O) groups is 4. The van der Waals surface area contributed by atoms with Crippen LogP contribution in [0.25, 0.3) is 21.8 Å². The molecule has 2 aliphatic carbocycles. The molecular weight excluding hydrogens is 660 g/mol. The summed E-state index contributed by atoms with van der Waals surface area (Å²) in [7, 11) is 7.48. The number of imidazole rings is 2. The molecule has 0 saturated heterocycles. The molecule has 8 rings (SSSR count). The monoisotopic (exact) mass is 698 g/mol. The Balaban J connectivity index is 1.04. The minimum absolute atomic E-state index is 0.0129. The first kappa shape index (κ1) is 33.1. The number of nitrogens with zero attached hydrogens (tertiary/aromatic N) is 6. The fraction of sp³-hybridized carbons (Fsp3) is 0.300. The number of hydrogen-bond donors (Lipinski definition) is 0. The summed E-state index contributed by atoms with van der Waals surface area (Å²) in [6, 6.07) is 15.3. The number of para-hydroxylation sites is 2. The highest BCUT2D eigenvalue weighted by molar-refractivity contribution is 6.12. The molecule has 4 aromatic heterocycles. The zero-order valence-electron chi connectivity index (χ0n) is 29.4. The lowest BCUT2D eigenvalue weighted by Crippen LogP contribution is -2.31. The highest BCUT2D eigenvalue weighted by Crippen LogP contribution is 2.43. The molecule has 0 saturated carbocycles. The van der Waals surface area contributed by atoms with Gasteiger partial charge in [0.1, 0.15) is 23.9 Å². The van der Waals surface area contributed by atoms with Gasteiger partial charge in [-0.05, 0) is 12.1 Å². The molecule has 0 bridgehead atoms. The van der Waals surface area contributed by atoms with Crippen LogP contribution in [-0.4, -0.2) is 51.7 Å². The van der Waals surface area contributed by atoms with Gasteiger partial charge in [-0.2, -0.15) is 0 Å². The summed E-state index contributed by atoms with van der Waals surface area (Å²) in [5.74, 6) is -0.906. The molecule has 4 heterocycles. The van der Waals surface area contributed by atoms with Crippen LogP contribution in [0.1, 0.15) is 68.8 Å². The molecule has 4 unspecified atom stereocenters. The van der Waals surface area contributed by atoms with Crippen LogP contribution in [0.4, 0.5) is 0 Å². The number of fused-ring (bicyclic) bond motifs is 6. The lowest BCUT2D eigenvalue weighted by molar-refractivity contribution is -0.147. The molecule has 0 spiro atoms. The van der Waals surface area contributed by atoms with Gasteiger partial charge in [-0.15, -0.1) is 0 Å². The number of benzene rings is 2. The molecule has 0 aliphatic heterocycles. The molecule has 0 fully saturated rings. The van der Waals surface area contributed by atoms with Gasteiger partial charge in [-0.1, -0.05) is 36.4 Å². The predicted molar refractivity (Wildman–Crippen MR) is 191 cm³/mol. The molecular formula is C40H38N6O6. The first-order chi connectivity index (χ1) is 25.1. The maximum Gasteiger partial charge on any atom is 0.331 e. The van der Waals surface area contributed by atoms with Gasteiger partial charge in [0, 0.05) is 124 Å². The summed E-state index contributed by atoms with van der Waals surface area (Å²) in [4.78, 5) is 63.5. The third-order valence-corrected chi connectivity index (χ3v) is 10.7. The van der Waals surface area contributed by atoms with Crippen molar-refractivity contribution in [1.29, 1.82) is 0 Å². The molecule has 0 radical (unpaired) electrons. The topological polar surface area (TPSA) is 132 Å². The van der Waals surface area contributed by atoms with Gasteiger partial charge in [-0.3, -0.25) is 9.59 Å². The van der Waals surface area contributed by atoms with Crippen molar-refractivity contribution in [3.63, 3.8) is 0 Å². The third-order valence-electron chi connectivity index (χ3n) is 10.7. The zero-order chi connectivity index (χ0) is 36.3. The summed E-state index contributed by atoms with van der Waals surface area (Å²) < 4.78 is 19.6. The quantitative estimate of drug-likeness (QED) is 0.151. The number of aryl methyl sites for hydroxylation is 4. The number of aromatic nitrogens is 6.